The Balaban J connectivity index is 1.53. The Hall–Kier alpha value is -3.90. The standard InChI is InChI=1S/C21H18N6O4S2/c1-12-19(18-6-4-15(33-18)10-23-13(2)28)24-21(32-12)25-20(29)14-3-5-16(17(9-14)27(30)31)26-8-7-22-11-26/h3-9,11H,10H2,1-2H3,(H,23,28)(H,24,25,29). The predicted octanol–water partition coefficient (Wildman–Crippen LogP) is 4.16. The smallest absolute Gasteiger partial charge is 0.294 e. The monoisotopic (exact) mass is 482 g/mol. The van der Waals surface area contributed by atoms with E-state index in [-0.39, 0.29) is 17.2 Å². The van der Waals surface area contributed by atoms with Crippen molar-refractivity contribution in [3.05, 3.63) is 74.5 Å². The number of nitrogens with zero attached hydrogens (tertiary/aromatic N) is 4. The van der Waals surface area contributed by atoms with Crippen LogP contribution in [0.2, 0.25) is 0 Å². The second kappa shape index (κ2) is 9.30. The van der Waals surface area contributed by atoms with E-state index in [1.54, 1.807) is 6.20 Å². The number of aromatic nitrogens is 3. The minimum atomic E-state index is -0.535. The van der Waals surface area contributed by atoms with Crippen LogP contribution in [-0.4, -0.2) is 31.3 Å². The van der Waals surface area contributed by atoms with E-state index in [0.29, 0.717) is 17.4 Å². The Morgan fingerprint density at radius 3 is 2.73 bits per heavy atom. The molecule has 0 atom stereocenters. The minimum Gasteiger partial charge on any atom is -0.351 e. The average molecular weight is 483 g/mol. The predicted molar refractivity (Wildman–Crippen MR) is 126 cm³/mol. The summed E-state index contributed by atoms with van der Waals surface area (Å²) in [4.78, 5) is 46.2. The number of imidazole rings is 1. The summed E-state index contributed by atoms with van der Waals surface area (Å²) in [6, 6.07) is 8.11. The average Bonchev–Trinajstić information content (AvgIpc) is 3.53. The van der Waals surface area contributed by atoms with E-state index in [4.69, 9.17) is 0 Å². The molecule has 12 heteroatoms. The van der Waals surface area contributed by atoms with Crippen LogP contribution in [0.1, 0.15) is 27.0 Å². The van der Waals surface area contributed by atoms with Crippen LogP contribution in [0.3, 0.4) is 0 Å². The Morgan fingerprint density at radius 2 is 2.03 bits per heavy atom. The Labute approximate surface area is 196 Å². The fourth-order valence-corrected chi connectivity index (χ4v) is 4.97. The molecule has 0 unspecified atom stereocenters. The van der Waals surface area contributed by atoms with E-state index >= 15 is 0 Å². The summed E-state index contributed by atoms with van der Waals surface area (Å²) in [6.07, 6.45) is 4.56. The van der Waals surface area contributed by atoms with Crippen LogP contribution in [0.25, 0.3) is 16.3 Å². The fourth-order valence-electron chi connectivity index (χ4n) is 3.09. The number of nitro benzene ring substituents is 1. The molecular weight excluding hydrogens is 464 g/mol. The van der Waals surface area contributed by atoms with E-state index in [9.17, 15) is 19.7 Å². The Bertz CT molecular complexity index is 1340. The normalized spacial score (nSPS) is 10.7. The zero-order chi connectivity index (χ0) is 23.5. The van der Waals surface area contributed by atoms with Gasteiger partial charge in [0.15, 0.2) is 5.13 Å². The third kappa shape index (κ3) is 4.96. The summed E-state index contributed by atoms with van der Waals surface area (Å²) in [5, 5.41) is 17.4. The Morgan fingerprint density at radius 1 is 1.21 bits per heavy atom. The molecule has 33 heavy (non-hydrogen) atoms. The van der Waals surface area contributed by atoms with Gasteiger partial charge in [0.05, 0.1) is 28.4 Å². The van der Waals surface area contributed by atoms with Crippen LogP contribution in [0.4, 0.5) is 10.8 Å². The molecule has 3 aromatic heterocycles. The number of amides is 2. The number of benzene rings is 1. The summed E-state index contributed by atoms with van der Waals surface area (Å²) in [7, 11) is 0. The van der Waals surface area contributed by atoms with Gasteiger partial charge < -0.3 is 9.88 Å². The van der Waals surface area contributed by atoms with Crippen LogP contribution in [0, 0.1) is 17.0 Å². The van der Waals surface area contributed by atoms with Crippen molar-refractivity contribution >= 4 is 45.3 Å². The molecule has 2 N–H and O–H groups in total. The third-order valence-electron chi connectivity index (χ3n) is 4.64. The lowest BCUT2D eigenvalue weighted by atomic mass is 10.1. The van der Waals surface area contributed by atoms with Crippen molar-refractivity contribution in [1.29, 1.82) is 0 Å². The maximum absolute atomic E-state index is 12.8. The number of aryl methyl sites for hydroxylation is 1. The second-order valence-corrected chi connectivity index (χ2v) is 9.36. The van der Waals surface area contributed by atoms with Crippen LogP contribution in [-0.2, 0) is 11.3 Å². The van der Waals surface area contributed by atoms with E-state index in [1.807, 2.05) is 19.1 Å². The fraction of sp³-hybridized carbons (Fsp3) is 0.143. The number of hydrogen-bond donors (Lipinski definition) is 2. The van der Waals surface area contributed by atoms with Gasteiger partial charge in [-0.05, 0) is 31.2 Å². The minimum absolute atomic E-state index is 0.0990. The quantitative estimate of drug-likeness (QED) is 0.300. The lowest BCUT2D eigenvalue weighted by molar-refractivity contribution is -0.384. The molecule has 2 amide bonds. The second-order valence-electron chi connectivity index (χ2n) is 6.98. The molecule has 0 fully saturated rings. The van der Waals surface area contributed by atoms with Gasteiger partial charge in [0.25, 0.3) is 11.6 Å². The first-order valence-corrected chi connectivity index (χ1v) is 11.3. The molecule has 1 aromatic carbocycles. The van der Waals surface area contributed by atoms with Gasteiger partial charge in [0, 0.05) is 40.7 Å². The zero-order valence-electron chi connectivity index (χ0n) is 17.6. The first kappa shape index (κ1) is 22.3. The number of nitro groups is 1. The van der Waals surface area contributed by atoms with Crippen molar-refractivity contribution in [3.63, 3.8) is 0 Å². The van der Waals surface area contributed by atoms with Crippen molar-refractivity contribution < 1.29 is 14.5 Å². The summed E-state index contributed by atoms with van der Waals surface area (Å²) in [6.45, 7) is 3.81. The van der Waals surface area contributed by atoms with E-state index in [1.165, 1.54) is 64.9 Å². The Kier molecular flexibility index (Phi) is 6.29. The molecule has 0 saturated carbocycles. The largest absolute Gasteiger partial charge is 0.351 e. The van der Waals surface area contributed by atoms with Crippen molar-refractivity contribution in [1.82, 2.24) is 19.9 Å². The van der Waals surface area contributed by atoms with Crippen LogP contribution < -0.4 is 10.6 Å². The van der Waals surface area contributed by atoms with Crippen LogP contribution in [0.15, 0.2) is 49.1 Å². The molecule has 0 aliphatic rings. The number of anilines is 1. The first-order valence-electron chi connectivity index (χ1n) is 9.71. The number of rotatable bonds is 7. The highest BCUT2D eigenvalue weighted by molar-refractivity contribution is 7.18. The molecule has 168 valence electrons. The molecule has 4 rings (SSSR count). The van der Waals surface area contributed by atoms with Crippen LogP contribution >= 0.6 is 22.7 Å². The molecule has 0 aliphatic carbocycles. The topological polar surface area (TPSA) is 132 Å². The van der Waals surface area contributed by atoms with Crippen molar-refractivity contribution in [3.8, 4) is 16.3 Å². The van der Waals surface area contributed by atoms with E-state index in [2.05, 4.69) is 20.6 Å². The highest BCUT2D eigenvalue weighted by Crippen LogP contribution is 2.35. The van der Waals surface area contributed by atoms with Gasteiger partial charge in [-0.1, -0.05) is 0 Å². The molecular formula is C21H18N6O4S2. The van der Waals surface area contributed by atoms with Gasteiger partial charge in [0.1, 0.15) is 5.69 Å². The molecule has 0 radical (unpaired) electrons. The highest BCUT2D eigenvalue weighted by Gasteiger charge is 2.20. The number of carbonyl (C=O) groups excluding carboxylic acids is 2. The number of thiophene rings is 1. The van der Waals surface area contributed by atoms with Crippen molar-refractivity contribution in [2.45, 2.75) is 20.4 Å². The molecule has 4 aromatic rings. The van der Waals surface area contributed by atoms with Crippen molar-refractivity contribution in [2.75, 3.05) is 5.32 Å². The molecule has 3 heterocycles. The van der Waals surface area contributed by atoms with Gasteiger partial charge in [-0.25, -0.2) is 9.97 Å². The summed E-state index contributed by atoms with van der Waals surface area (Å²) in [5.74, 6) is -0.591. The first-order chi connectivity index (χ1) is 15.8. The zero-order valence-corrected chi connectivity index (χ0v) is 19.2. The van der Waals surface area contributed by atoms with Gasteiger partial charge in [-0.15, -0.1) is 22.7 Å². The summed E-state index contributed by atoms with van der Waals surface area (Å²) in [5.41, 5.74) is 1.00. The molecule has 0 aliphatic heterocycles. The van der Waals surface area contributed by atoms with Gasteiger partial charge in [0.2, 0.25) is 5.91 Å². The van der Waals surface area contributed by atoms with Gasteiger partial charge >= 0.3 is 0 Å². The third-order valence-corrected chi connectivity index (χ3v) is 6.62. The van der Waals surface area contributed by atoms with E-state index in [0.717, 1.165) is 20.3 Å². The number of carbonyl (C=O) groups is 2. The molecule has 10 nitrogen and oxygen atoms in total. The number of nitrogens with one attached hydrogen (secondary N) is 2. The number of hydrogen-bond acceptors (Lipinski definition) is 8. The molecule has 0 saturated heterocycles. The molecule has 0 bridgehead atoms. The highest BCUT2D eigenvalue weighted by atomic mass is 32.1. The lowest BCUT2D eigenvalue weighted by Gasteiger charge is -2.06. The molecule has 0 spiro atoms. The number of thiazole rings is 1. The maximum Gasteiger partial charge on any atom is 0.294 e. The summed E-state index contributed by atoms with van der Waals surface area (Å²) >= 11 is 2.83. The van der Waals surface area contributed by atoms with Crippen molar-refractivity contribution in [2.24, 2.45) is 0 Å². The maximum atomic E-state index is 12.8. The van der Waals surface area contributed by atoms with Gasteiger partial charge in [-0.3, -0.25) is 25.0 Å². The summed E-state index contributed by atoms with van der Waals surface area (Å²) < 4.78 is 1.51. The van der Waals surface area contributed by atoms with Crippen LogP contribution in [0.5, 0.6) is 0 Å². The lowest BCUT2D eigenvalue weighted by Crippen LogP contribution is -2.17. The SMILES string of the molecule is CC(=O)NCc1ccc(-c2nc(NC(=O)c3ccc(-n4ccnc4)c([N+](=O)[O-])c3)sc2C)s1. The van der Waals surface area contributed by atoms with E-state index < -0.39 is 10.8 Å². The van der Waals surface area contributed by atoms with Gasteiger partial charge in [-0.2, -0.15) is 0 Å².